The molecule has 1 atom stereocenters. The van der Waals surface area contributed by atoms with Crippen LogP contribution in [-0.2, 0) is 0 Å². The molecule has 1 aliphatic carbocycles. The Hall–Kier alpha value is -2.95. The van der Waals surface area contributed by atoms with Crippen molar-refractivity contribution in [3.05, 3.63) is 83.2 Å². The minimum absolute atomic E-state index is 0.636. The molecular weight excluding hydrogens is 404 g/mol. The summed E-state index contributed by atoms with van der Waals surface area (Å²) in [5, 5.41) is 9.77. The highest BCUT2D eigenvalue weighted by atomic mass is 32.1. The first-order valence-corrected chi connectivity index (χ1v) is 11.9. The Morgan fingerprint density at radius 2 is 1.97 bits per heavy atom. The van der Waals surface area contributed by atoms with Crippen molar-refractivity contribution in [2.45, 2.75) is 13.3 Å². The van der Waals surface area contributed by atoms with E-state index in [0.717, 1.165) is 23.3 Å². The molecule has 0 amide bonds. The molecule has 0 fully saturated rings. The van der Waals surface area contributed by atoms with E-state index in [1.54, 1.807) is 11.3 Å². The zero-order valence-electron chi connectivity index (χ0n) is 16.6. The van der Waals surface area contributed by atoms with Crippen molar-refractivity contribution < 1.29 is 0 Å². The van der Waals surface area contributed by atoms with Gasteiger partial charge in [-0.05, 0) is 70.6 Å². The normalized spacial score (nSPS) is 16.4. The molecule has 1 aliphatic rings. The van der Waals surface area contributed by atoms with E-state index in [2.05, 4.69) is 89.4 Å². The van der Waals surface area contributed by atoms with Gasteiger partial charge in [0.25, 0.3) is 0 Å². The van der Waals surface area contributed by atoms with E-state index >= 15 is 0 Å². The van der Waals surface area contributed by atoms with Crippen molar-refractivity contribution >= 4 is 70.7 Å². The largest absolute Gasteiger partial charge is 0.355 e. The molecule has 6 rings (SSSR count). The molecule has 0 saturated carbocycles. The van der Waals surface area contributed by atoms with Crippen LogP contribution in [0.4, 0.5) is 11.4 Å². The second-order valence-electron chi connectivity index (χ2n) is 7.92. The monoisotopic (exact) mass is 424 g/mol. The summed E-state index contributed by atoms with van der Waals surface area (Å²) in [7, 11) is 0. The number of nitrogens with one attached hydrogen (secondary N) is 1. The fourth-order valence-corrected chi connectivity index (χ4v) is 5.80. The topological polar surface area (TPSA) is 24.9 Å². The summed E-state index contributed by atoms with van der Waals surface area (Å²) in [6, 6.07) is 17.6. The van der Waals surface area contributed by atoms with Gasteiger partial charge in [-0.3, -0.25) is 0 Å². The Morgan fingerprint density at radius 1 is 1.00 bits per heavy atom. The molecule has 5 aromatic rings. The third-order valence-electron chi connectivity index (χ3n) is 5.81. The number of fused-ring (bicyclic) bond motifs is 3. The molecule has 30 heavy (non-hydrogen) atoms. The Bertz CT molecular complexity index is 1470. The van der Waals surface area contributed by atoms with Crippen LogP contribution < -0.4 is 5.32 Å². The van der Waals surface area contributed by atoms with E-state index in [0.29, 0.717) is 5.92 Å². The maximum atomic E-state index is 4.45. The molecule has 3 aromatic carbocycles. The number of benzene rings is 3. The molecule has 0 spiro atoms. The lowest BCUT2D eigenvalue weighted by atomic mass is 9.93. The Morgan fingerprint density at radius 3 is 2.87 bits per heavy atom. The van der Waals surface area contributed by atoms with E-state index in [1.165, 1.54) is 36.7 Å². The average molecular weight is 425 g/mol. The minimum Gasteiger partial charge on any atom is -0.355 e. The molecule has 0 bridgehead atoms. The number of allylic oxidation sites excluding steroid dienone is 4. The quantitative estimate of drug-likeness (QED) is 0.314. The molecule has 4 heteroatoms. The van der Waals surface area contributed by atoms with E-state index in [1.807, 2.05) is 16.8 Å². The fourth-order valence-electron chi connectivity index (χ4n) is 4.15. The lowest BCUT2D eigenvalue weighted by molar-refractivity contribution is 0.739. The first-order valence-electron chi connectivity index (χ1n) is 10.2. The fraction of sp³-hybridized carbons (Fsp3) is 0.115. The molecule has 0 radical (unpaired) electrons. The lowest BCUT2D eigenvalue weighted by Crippen LogP contribution is -1.94. The van der Waals surface area contributed by atoms with Gasteiger partial charge in [0.05, 0.1) is 15.7 Å². The number of rotatable bonds is 3. The smallest absolute Gasteiger partial charge is 0.0832 e. The number of thiazole rings is 1. The van der Waals surface area contributed by atoms with Crippen molar-refractivity contribution in [3.8, 4) is 0 Å². The molecular formula is C26H20N2S2. The minimum atomic E-state index is 0.636. The molecule has 1 N–H and O–H groups in total. The van der Waals surface area contributed by atoms with Gasteiger partial charge in [0, 0.05) is 26.8 Å². The number of thiophene rings is 1. The predicted octanol–water partition coefficient (Wildman–Crippen LogP) is 8.39. The standard InChI is InChI=1S/C26H20N2S2/c1-16-5-7-17(8-6-16)22-14-29-26-13-20-18(11-21(22)26)3-2-4-23(20)28-19-9-10-25-24(12-19)27-15-30-25/h2-5,7-16,28H,6H2,1H3. The van der Waals surface area contributed by atoms with Gasteiger partial charge in [0.15, 0.2) is 0 Å². The summed E-state index contributed by atoms with van der Waals surface area (Å²) in [6.45, 7) is 2.27. The van der Waals surface area contributed by atoms with Gasteiger partial charge in [-0.1, -0.05) is 37.3 Å². The number of hydrogen-bond acceptors (Lipinski definition) is 4. The third kappa shape index (κ3) is 3.04. The Balaban J connectivity index is 1.44. The zero-order valence-corrected chi connectivity index (χ0v) is 18.2. The Labute approximate surface area is 183 Å². The van der Waals surface area contributed by atoms with Gasteiger partial charge < -0.3 is 5.32 Å². The summed E-state index contributed by atoms with van der Waals surface area (Å²) >= 11 is 3.50. The van der Waals surface area contributed by atoms with Gasteiger partial charge in [-0.2, -0.15) is 0 Å². The highest BCUT2D eigenvalue weighted by molar-refractivity contribution is 7.17. The average Bonchev–Trinajstić information content (AvgIpc) is 3.39. The van der Waals surface area contributed by atoms with Gasteiger partial charge in [0.2, 0.25) is 0 Å². The van der Waals surface area contributed by atoms with Crippen LogP contribution in [0.25, 0.3) is 36.6 Å². The number of aromatic nitrogens is 1. The van der Waals surface area contributed by atoms with Crippen LogP contribution in [0.3, 0.4) is 0 Å². The first kappa shape index (κ1) is 17.9. The van der Waals surface area contributed by atoms with Crippen LogP contribution in [0.1, 0.15) is 18.9 Å². The van der Waals surface area contributed by atoms with Crippen LogP contribution >= 0.6 is 22.7 Å². The summed E-state index contributed by atoms with van der Waals surface area (Å²) in [5.74, 6) is 0.636. The summed E-state index contributed by atoms with van der Waals surface area (Å²) in [6.07, 6.45) is 8.10. The second-order valence-corrected chi connectivity index (χ2v) is 9.71. The van der Waals surface area contributed by atoms with Crippen LogP contribution in [0.2, 0.25) is 0 Å². The predicted molar refractivity (Wildman–Crippen MR) is 133 cm³/mol. The molecule has 2 nitrogen and oxygen atoms in total. The second kappa shape index (κ2) is 7.08. The molecule has 146 valence electrons. The Kier molecular flexibility index (Phi) is 4.22. The van der Waals surface area contributed by atoms with E-state index in [4.69, 9.17) is 0 Å². The summed E-state index contributed by atoms with van der Waals surface area (Å²) in [4.78, 5) is 4.45. The SMILES string of the molecule is CC1C=CC(c2csc3cc4c(Nc5ccc6scnc6c5)cccc4cc23)=CC1. The van der Waals surface area contributed by atoms with Crippen molar-refractivity contribution in [3.63, 3.8) is 0 Å². The van der Waals surface area contributed by atoms with Crippen LogP contribution in [0, 0.1) is 5.92 Å². The zero-order chi connectivity index (χ0) is 20.1. The summed E-state index contributed by atoms with van der Waals surface area (Å²) < 4.78 is 2.54. The number of hydrogen-bond donors (Lipinski definition) is 1. The van der Waals surface area contributed by atoms with E-state index < -0.39 is 0 Å². The van der Waals surface area contributed by atoms with Crippen molar-refractivity contribution in [2.75, 3.05) is 5.32 Å². The van der Waals surface area contributed by atoms with Crippen LogP contribution in [-0.4, -0.2) is 4.98 Å². The highest BCUT2D eigenvalue weighted by Crippen LogP contribution is 2.38. The molecule has 2 aromatic heterocycles. The van der Waals surface area contributed by atoms with Crippen molar-refractivity contribution in [2.24, 2.45) is 5.92 Å². The van der Waals surface area contributed by atoms with Gasteiger partial charge in [0.1, 0.15) is 0 Å². The van der Waals surface area contributed by atoms with Crippen LogP contribution in [0.15, 0.2) is 77.6 Å². The molecule has 2 heterocycles. The molecule has 1 unspecified atom stereocenters. The van der Waals surface area contributed by atoms with Gasteiger partial charge >= 0.3 is 0 Å². The van der Waals surface area contributed by atoms with Crippen molar-refractivity contribution in [1.29, 1.82) is 0 Å². The van der Waals surface area contributed by atoms with Gasteiger partial charge in [-0.15, -0.1) is 22.7 Å². The third-order valence-corrected chi connectivity index (χ3v) is 7.56. The maximum absolute atomic E-state index is 4.45. The van der Waals surface area contributed by atoms with Crippen LogP contribution in [0.5, 0.6) is 0 Å². The first-order chi connectivity index (χ1) is 14.7. The van der Waals surface area contributed by atoms with E-state index in [9.17, 15) is 0 Å². The highest BCUT2D eigenvalue weighted by Gasteiger charge is 2.13. The molecule has 0 saturated heterocycles. The van der Waals surface area contributed by atoms with E-state index in [-0.39, 0.29) is 0 Å². The summed E-state index contributed by atoms with van der Waals surface area (Å²) in [5.41, 5.74) is 7.84. The maximum Gasteiger partial charge on any atom is 0.0832 e. The number of anilines is 2. The lowest BCUT2D eigenvalue weighted by Gasteiger charge is -2.12. The van der Waals surface area contributed by atoms with Gasteiger partial charge in [-0.25, -0.2) is 4.98 Å². The van der Waals surface area contributed by atoms with Crippen molar-refractivity contribution in [1.82, 2.24) is 4.98 Å². The number of nitrogens with zero attached hydrogens (tertiary/aromatic N) is 1. The molecule has 0 aliphatic heterocycles.